The van der Waals surface area contributed by atoms with Crippen LogP contribution < -0.4 is 16.4 Å². The van der Waals surface area contributed by atoms with E-state index in [1.165, 1.54) is 18.2 Å². The molecule has 37 heavy (non-hydrogen) atoms. The van der Waals surface area contributed by atoms with Gasteiger partial charge in [0.15, 0.2) is 0 Å². The monoisotopic (exact) mass is 532 g/mol. The summed E-state index contributed by atoms with van der Waals surface area (Å²) in [7, 11) is 0. The first-order chi connectivity index (χ1) is 17.7. The Labute approximate surface area is 217 Å². The minimum atomic E-state index is -4.57. The van der Waals surface area contributed by atoms with Crippen molar-refractivity contribution in [2.24, 2.45) is 21.6 Å². The van der Waals surface area contributed by atoms with Gasteiger partial charge in [-0.25, -0.2) is 14.4 Å². The molecular weight excluding hydrogens is 504 g/mol. The van der Waals surface area contributed by atoms with Crippen molar-refractivity contribution >= 4 is 30.0 Å². The summed E-state index contributed by atoms with van der Waals surface area (Å²) in [6.45, 7) is 8.47. The lowest BCUT2D eigenvalue weighted by Crippen LogP contribution is -2.36. The van der Waals surface area contributed by atoms with E-state index in [0.29, 0.717) is 39.8 Å². The van der Waals surface area contributed by atoms with E-state index >= 15 is 0 Å². The first-order valence-electron chi connectivity index (χ1n) is 11.8. The molecule has 2 heterocycles. The van der Waals surface area contributed by atoms with E-state index in [1.54, 1.807) is 25.4 Å². The second-order valence-corrected chi connectivity index (χ2v) is 9.60. The number of halogens is 4. The Bertz CT molecular complexity index is 1250. The fraction of sp³-hybridized carbons (Fsp3) is 0.308. The van der Waals surface area contributed by atoms with Gasteiger partial charge in [-0.3, -0.25) is 4.90 Å². The van der Waals surface area contributed by atoms with Gasteiger partial charge in [0.05, 0.1) is 29.4 Å². The highest BCUT2D eigenvalue weighted by Gasteiger charge is 2.46. The Kier molecular flexibility index (Phi) is 7.82. The van der Waals surface area contributed by atoms with Crippen molar-refractivity contribution < 1.29 is 17.6 Å². The lowest BCUT2D eigenvalue weighted by Gasteiger charge is -2.35. The summed E-state index contributed by atoms with van der Waals surface area (Å²) in [5.74, 6) is 0.121. The molecule has 1 aliphatic carbocycles. The van der Waals surface area contributed by atoms with Crippen LogP contribution in [-0.2, 0) is 0 Å². The van der Waals surface area contributed by atoms with Crippen molar-refractivity contribution in [3.63, 3.8) is 0 Å². The minimum absolute atomic E-state index is 0.133. The number of nitrogens with one attached hydrogen (secondary N) is 2. The number of alkyl halides is 3. The molecule has 0 aromatic heterocycles. The molecule has 0 radical (unpaired) electrons. The molecule has 196 valence electrons. The van der Waals surface area contributed by atoms with Crippen LogP contribution in [0.4, 0.5) is 17.6 Å². The van der Waals surface area contributed by atoms with Crippen LogP contribution in [0.5, 0.6) is 0 Å². The second-order valence-electron chi connectivity index (χ2n) is 8.71. The summed E-state index contributed by atoms with van der Waals surface area (Å²) in [6.07, 6.45) is 1.70. The van der Waals surface area contributed by atoms with Crippen molar-refractivity contribution in [2.45, 2.75) is 38.9 Å². The molecule has 2 aliphatic heterocycles. The highest BCUT2D eigenvalue weighted by molar-refractivity contribution is 8.06. The predicted molar refractivity (Wildman–Crippen MR) is 141 cm³/mol. The average Bonchev–Trinajstić information content (AvgIpc) is 3.58. The van der Waals surface area contributed by atoms with Gasteiger partial charge in [0.25, 0.3) is 0 Å². The van der Waals surface area contributed by atoms with Gasteiger partial charge in [-0.15, -0.1) is 0 Å². The van der Waals surface area contributed by atoms with Crippen LogP contribution in [0.15, 0.2) is 85.8 Å². The lowest BCUT2D eigenvalue weighted by molar-refractivity contribution is -0.104. The number of nitrogens with zero attached hydrogens (tertiary/aromatic N) is 3. The summed E-state index contributed by atoms with van der Waals surface area (Å²) in [6, 6.07) is 5.47. The van der Waals surface area contributed by atoms with Gasteiger partial charge >= 0.3 is 6.18 Å². The zero-order chi connectivity index (χ0) is 26.7. The number of allylic oxidation sites excluding steroid dienone is 3. The summed E-state index contributed by atoms with van der Waals surface area (Å²) >= 11 is 0.982. The molecule has 1 aromatic rings. The first-order valence-corrected chi connectivity index (χ1v) is 12.7. The Morgan fingerprint density at radius 3 is 2.70 bits per heavy atom. The molecule has 1 atom stereocenters. The van der Waals surface area contributed by atoms with Crippen molar-refractivity contribution in [1.82, 2.24) is 15.5 Å². The fourth-order valence-corrected chi connectivity index (χ4v) is 5.23. The average molecular weight is 533 g/mol. The number of nitrogens with two attached hydrogens (primary N) is 1. The second kappa shape index (κ2) is 10.9. The Morgan fingerprint density at radius 2 is 2.08 bits per heavy atom. The highest BCUT2D eigenvalue weighted by Crippen LogP contribution is 2.52. The molecule has 0 saturated heterocycles. The Balaban J connectivity index is 1.84. The third kappa shape index (κ3) is 5.76. The van der Waals surface area contributed by atoms with Gasteiger partial charge in [0.1, 0.15) is 17.3 Å². The molecule has 6 nitrogen and oxygen atoms in total. The maximum Gasteiger partial charge on any atom is 0.432 e. The van der Waals surface area contributed by atoms with Crippen molar-refractivity contribution in [1.29, 1.82) is 0 Å². The molecule has 0 spiro atoms. The van der Waals surface area contributed by atoms with Crippen LogP contribution >= 0.6 is 11.8 Å². The molecule has 0 amide bonds. The van der Waals surface area contributed by atoms with Crippen molar-refractivity contribution in [3.8, 4) is 0 Å². The molecule has 4 rings (SSSR count). The number of hydrogen-bond donors (Lipinski definition) is 3. The SMILES string of the molecule is C=C1C(c2cccc(F)c2)=C(C(NC(/N=C\N)=C(C)\N=C/NCC)C2CC2)C=C2SC=C(C(F)(F)F)N12. The number of thioether (sulfide) groups is 1. The van der Waals surface area contributed by atoms with Gasteiger partial charge < -0.3 is 16.4 Å². The molecule has 1 fully saturated rings. The van der Waals surface area contributed by atoms with E-state index in [4.69, 9.17) is 5.73 Å². The standard InChI is InChI=1S/C26H28F4N6S/c1-4-32-14-34-15(2)25(33-13-31)35-24(17-8-9-17)20-11-22-36(21(12-37-22)26(28,29)30)16(3)23(20)18-6-5-7-19(27)10-18/h5-7,10-14,17,24,35H,3-4,8-9H2,1-2H3,(H2,31,33)(H,32,34)/b25-15-. The molecule has 1 aromatic carbocycles. The summed E-state index contributed by atoms with van der Waals surface area (Å²) in [5.41, 5.74) is 7.09. The van der Waals surface area contributed by atoms with E-state index in [0.717, 1.165) is 41.3 Å². The molecule has 0 bridgehead atoms. The smallest absolute Gasteiger partial charge is 0.390 e. The molecular formula is C26H28F4N6S. The first kappa shape index (κ1) is 26.6. The quantitative estimate of drug-likeness (QED) is 0.220. The number of fused-ring (bicyclic) bond motifs is 1. The van der Waals surface area contributed by atoms with Crippen molar-refractivity contribution in [3.05, 3.63) is 87.2 Å². The molecule has 4 N–H and O–H groups in total. The molecule has 11 heteroatoms. The summed E-state index contributed by atoms with van der Waals surface area (Å²) in [5, 5.41) is 7.89. The number of benzene rings is 1. The summed E-state index contributed by atoms with van der Waals surface area (Å²) < 4.78 is 55.8. The Morgan fingerprint density at radius 1 is 1.32 bits per heavy atom. The zero-order valence-electron chi connectivity index (χ0n) is 20.4. The van der Waals surface area contributed by atoms with Crippen LogP contribution in [0.3, 0.4) is 0 Å². The molecule has 1 unspecified atom stereocenters. The van der Waals surface area contributed by atoms with E-state index in [1.807, 2.05) is 6.92 Å². The molecule has 1 saturated carbocycles. The largest absolute Gasteiger partial charge is 0.432 e. The lowest BCUT2D eigenvalue weighted by atomic mass is 9.88. The fourth-order valence-electron chi connectivity index (χ4n) is 4.25. The van der Waals surface area contributed by atoms with Crippen LogP contribution in [0.1, 0.15) is 32.3 Å². The number of aliphatic imine (C=N–C) groups is 2. The van der Waals surface area contributed by atoms with Gasteiger partial charge in [-0.2, -0.15) is 13.2 Å². The maximum atomic E-state index is 14.3. The minimum Gasteiger partial charge on any atom is -0.390 e. The van der Waals surface area contributed by atoms with E-state index in [2.05, 4.69) is 27.2 Å². The van der Waals surface area contributed by atoms with E-state index in [-0.39, 0.29) is 17.7 Å². The van der Waals surface area contributed by atoms with Gasteiger partial charge in [-0.05, 0) is 62.0 Å². The van der Waals surface area contributed by atoms with Crippen LogP contribution in [0, 0.1) is 11.7 Å². The van der Waals surface area contributed by atoms with Gasteiger partial charge in [0, 0.05) is 23.2 Å². The third-order valence-corrected chi connectivity index (χ3v) is 6.99. The third-order valence-electron chi connectivity index (χ3n) is 6.10. The van der Waals surface area contributed by atoms with Crippen molar-refractivity contribution in [2.75, 3.05) is 6.54 Å². The van der Waals surface area contributed by atoms with Crippen LogP contribution in [0.2, 0.25) is 0 Å². The summed E-state index contributed by atoms with van der Waals surface area (Å²) in [4.78, 5) is 9.74. The molecule has 3 aliphatic rings. The van der Waals surface area contributed by atoms with E-state index in [9.17, 15) is 17.6 Å². The van der Waals surface area contributed by atoms with Gasteiger partial charge in [0.2, 0.25) is 0 Å². The van der Waals surface area contributed by atoms with E-state index < -0.39 is 17.7 Å². The van der Waals surface area contributed by atoms with Crippen LogP contribution in [0.25, 0.3) is 5.57 Å². The topological polar surface area (TPSA) is 78.0 Å². The van der Waals surface area contributed by atoms with Crippen LogP contribution in [-0.4, -0.2) is 36.3 Å². The number of hydrogen-bond acceptors (Lipinski definition) is 5. The van der Waals surface area contributed by atoms with Gasteiger partial charge in [-0.1, -0.05) is 30.5 Å². The Hall–Kier alpha value is -3.47. The predicted octanol–water partition coefficient (Wildman–Crippen LogP) is 5.58. The zero-order valence-corrected chi connectivity index (χ0v) is 21.3. The normalized spacial score (nSPS) is 19.7. The number of rotatable bonds is 9. The maximum absolute atomic E-state index is 14.3. The highest BCUT2D eigenvalue weighted by atomic mass is 32.2.